The Morgan fingerprint density at radius 3 is 2.76 bits per heavy atom. The Labute approximate surface area is 146 Å². The second kappa shape index (κ2) is 8.23. The summed E-state index contributed by atoms with van der Waals surface area (Å²) >= 11 is 0. The van der Waals surface area contributed by atoms with Crippen molar-refractivity contribution in [1.29, 1.82) is 0 Å². The maximum atomic E-state index is 12.4. The van der Waals surface area contributed by atoms with Crippen molar-refractivity contribution in [1.82, 2.24) is 10.6 Å². The Hall–Kier alpha value is -2.96. The van der Waals surface area contributed by atoms with Crippen molar-refractivity contribution >= 4 is 12.0 Å². The summed E-state index contributed by atoms with van der Waals surface area (Å²) in [4.78, 5) is 24.3. The lowest BCUT2D eigenvalue weighted by atomic mass is 9.89. The zero-order valence-electron chi connectivity index (χ0n) is 14.3. The summed E-state index contributed by atoms with van der Waals surface area (Å²) in [5, 5.41) is 5.26. The summed E-state index contributed by atoms with van der Waals surface area (Å²) in [6.07, 6.45) is 1.48. The maximum absolute atomic E-state index is 12.4. The van der Waals surface area contributed by atoms with Gasteiger partial charge in [0.2, 0.25) is 0 Å². The van der Waals surface area contributed by atoms with Crippen LogP contribution in [0.2, 0.25) is 0 Å². The molecule has 134 valence electrons. The lowest BCUT2D eigenvalue weighted by Crippen LogP contribution is -2.51. The van der Waals surface area contributed by atoms with E-state index in [0.717, 1.165) is 0 Å². The molecule has 1 heterocycles. The molecule has 1 aromatic carbocycles. The van der Waals surface area contributed by atoms with Crippen LogP contribution in [0, 0.1) is 5.92 Å². The number of ether oxygens (including phenoxy) is 3. The van der Waals surface area contributed by atoms with E-state index in [0.29, 0.717) is 23.7 Å². The lowest BCUT2D eigenvalue weighted by Gasteiger charge is -2.33. The molecular formula is C18H22N2O5. The monoisotopic (exact) mass is 346 g/mol. The second-order valence-electron chi connectivity index (χ2n) is 5.34. The highest BCUT2D eigenvalue weighted by atomic mass is 16.5. The number of amides is 2. The average Bonchev–Trinajstić information content (AvgIpc) is 2.59. The van der Waals surface area contributed by atoms with Gasteiger partial charge in [-0.2, -0.15) is 0 Å². The Morgan fingerprint density at radius 2 is 2.12 bits per heavy atom. The number of hydrogen-bond donors (Lipinski definition) is 2. The van der Waals surface area contributed by atoms with Crippen molar-refractivity contribution < 1.29 is 23.8 Å². The highest BCUT2D eigenvalue weighted by molar-refractivity contribution is 5.85. The number of rotatable bonds is 7. The van der Waals surface area contributed by atoms with E-state index in [2.05, 4.69) is 23.8 Å². The third-order valence-electron chi connectivity index (χ3n) is 3.71. The second-order valence-corrected chi connectivity index (χ2v) is 5.34. The summed E-state index contributed by atoms with van der Waals surface area (Å²) in [5.41, 5.74) is 0.951. The largest absolute Gasteiger partial charge is 0.493 e. The molecule has 1 saturated heterocycles. The van der Waals surface area contributed by atoms with Crippen LogP contribution in [-0.4, -0.2) is 32.3 Å². The van der Waals surface area contributed by atoms with Crippen LogP contribution in [0.25, 0.3) is 0 Å². The number of carbonyl (C=O) groups excluding carboxylic acids is 2. The average molecular weight is 346 g/mol. The van der Waals surface area contributed by atoms with E-state index in [9.17, 15) is 9.59 Å². The van der Waals surface area contributed by atoms with Gasteiger partial charge in [-0.25, -0.2) is 4.79 Å². The fourth-order valence-electron chi connectivity index (χ4n) is 2.62. The highest BCUT2D eigenvalue weighted by Crippen LogP contribution is 2.35. The van der Waals surface area contributed by atoms with Crippen LogP contribution >= 0.6 is 0 Å². The minimum absolute atomic E-state index is 0.0792. The zero-order valence-corrected chi connectivity index (χ0v) is 14.3. The molecule has 0 radical (unpaired) electrons. The van der Waals surface area contributed by atoms with Crippen molar-refractivity contribution in [2.75, 3.05) is 20.3 Å². The smallest absolute Gasteiger partial charge is 0.319 e. The van der Waals surface area contributed by atoms with E-state index in [1.54, 1.807) is 18.2 Å². The Balaban J connectivity index is 2.37. The summed E-state index contributed by atoms with van der Waals surface area (Å²) < 4.78 is 16.0. The molecule has 1 aliphatic heterocycles. The maximum Gasteiger partial charge on any atom is 0.319 e. The first kappa shape index (κ1) is 18.4. The molecule has 1 aliphatic rings. The molecule has 7 nitrogen and oxygen atoms in total. The molecule has 2 rings (SSSR count). The Morgan fingerprint density at radius 1 is 1.36 bits per heavy atom. The Bertz CT molecular complexity index is 686. The molecule has 0 unspecified atom stereocenters. The van der Waals surface area contributed by atoms with E-state index in [1.165, 1.54) is 13.2 Å². The molecule has 0 aliphatic carbocycles. The van der Waals surface area contributed by atoms with E-state index < -0.39 is 24.0 Å². The standard InChI is InChI=1S/C18H22N2O5/c1-5-9-25-17(21)15-11(3)19-18(22)20-16(15)12-7-8-13(24-6-2)14(10-12)23-4/h5,7-8,10,15-16H,1,3,6,9H2,2,4H3,(H2,19,20,22)/t15-,16+/m1/s1. The van der Waals surface area contributed by atoms with Crippen molar-refractivity contribution in [3.8, 4) is 11.5 Å². The van der Waals surface area contributed by atoms with Crippen LogP contribution in [0.1, 0.15) is 18.5 Å². The fraction of sp³-hybridized carbons (Fsp3) is 0.333. The zero-order chi connectivity index (χ0) is 18.4. The summed E-state index contributed by atoms with van der Waals surface area (Å²) in [6.45, 7) is 9.75. The molecule has 0 spiro atoms. The molecule has 25 heavy (non-hydrogen) atoms. The molecule has 7 heteroatoms. The van der Waals surface area contributed by atoms with Gasteiger partial charge in [0.1, 0.15) is 12.5 Å². The number of methoxy groups -OCH3 is 1. The van der Waals surface area contributed by atoms with E-state index in [1.807, 2.05) is 6.92 Å². The number of nitrogens with one attached hydrogen (secondary N) is 2. The molecule has 0 aromatic heterocycles. The van der Waals surface area contributed by atoms with Crippen LogP contribution in [0.3, 0.4) is 0 Å². The van der Waals surface area contributed by atoms with Gasteiger partial charge in [0.05, 0.1) is 19.8 Å². The van der Waals surface area contributed by atoms with Gasteiger partial charge < -0.3 is 24.8 Å². The normalized spacial score (nSPS) is 19.4. The molecule has 2 atom stereocenters. The van der Waals surface area contributed by atoms with Crippen molar-refractivity contribution in [3.63, 3.8) is 0 Å². The summed E-state index contributed by atoms with van der Waals surface area (Å²) in [6, 6.07) is 4.16. The molecule has 1 aromatic rings. The van der Waals surface area contributed by atoms with Crippen LogP contribution in [0.5, 0.6) is 11.5 Å². The van der Waals surface area contributed by atoms with Gasteiger partial charge in [0, 0.05) is 5.70 Å². The molecule has 1 fully saturated rings. The molecule has 0 bridgehead atoms. The van der Waals surface area contributed by atoms with Gasteiger partial charge in [-0.1, -0.05) is 25.3 Å². The number of urea groups is 1. The molecule has 2 amide bonds. The van der Waals surface area contributed by atoms with Gasteiger partial charge in [0.25, 0.3) is 0 Å². The van der Waals surface area contributed by atoms with Crippen molar-refractivity contribution in [2.24, 2.45) is 5.92 Å². The van der Waals surface area contributed by atoms with Gasteiger partial charge in [-0.3, -0.25) is 4.79 Å². The number of benzene rings is 1. The number of hydrogen-bond acceptors (Lipinski definition) is 5. The predicted octanol–water partition coefficient (Wildman–Crippen LogP) is 2.31. The first-order valence-electron chi connectivity index (χ1n) is 7.86. The molecule has 0 saturated carbocycles. The van der Waals surface area contributed by atoms with Crippen LogP contribution in [-0.2, 0) is 9.53 Å². The van der Waals surface area contributed by atoms with E-state index in [-0.39, 0.29) is 12.3 Å². The first-order valence-corrected chi connectivity index (χ1v) is 7.86. The third-order valence-corrected chi connectivity index (χ3v) is 3.71. The lowest BCUT2D eigenvalue weighted by molar-refractivity contribution is -0.147. The SMILES string of the molecule is C=CCOC(=O)[C@@H]1C(=C)NC(=O)N[C@H]1c1ccc(OCC)c(OC)c1. The highest BCUT2D eigenvalue weighted by Gasteiger charge is 2.39. The van der Waals surface area contributed by atoms with Gasteiger partial charge in [-0.05, 0) is 24.6 Å². The van der Waals surface area contributed by atoms with Gasteiger partial charge >= 0.3 is 12.0 Å². The quantitative estimate of drug-likeness (QED) is 0.584. The van der Waals surface area contributed by atoms with Crippen LogP contribution in [0.4, 0.5) is 4.79 Å². The fourth-order valence-corrected chi connectivity index (χ4v) is 2.62. The minimum Gasteiger partial charge on any atom is -0.493 e. The van der Waals surface area contributed by atoms with Crippen LogP contribution in [0.15, 0.2) is 43.1 Å². The van der Waals surface area contributed by atoms with Crippen molar-refractivity contribution in [2.45, 2.75) is 13.0 Å². The molecular weight excluding hydrogens is 324 g/mol. The van der Waals surface area contributed by atoms with Gasteiger partial charge in [-0.15, -0.1) is 0 Å². The topological polar surface area (TPSA) is 85.9 Å². The predicted molar refractivity (Wildman–Crippen MR) is 92.4 cm³/mol. The number of carbonyl (C=O) groups is 2. The van der Waals surface area contributed by atoms with E-state index in [4.69, 9.17) is 14.2 Å². The molecule has 2 N–H and O–H groups in total. The van der Waals surface area contributed by atoms with Gasteiger partial charge in [0.15, 0.2) is 11.5 Å². The van der Waals surface area contributed by atoms with Crippen molar-refractivity contribution in [3.05, 3.63) is 48.7 Å². The Kier molecular flexibility index (Phi) is 6.05. The first-order chi connectivity index (χ1) is 12.0. The van der Waals surface area contributed by atoms with Crippen LogP contribution < -0.4 is 20.1 Å². The van der Waals surface area contributed by atoms with E-state index >= 15 is 0 Å². The minimum atomic E-state index is -0.778. The third kappa shape index (κ3) is 4.12. The summed E-state index contributed by atoms with van der Waals surface area (Å²) in [7, 11) is 1.53. The number of esters is 1. The summed E-state index contributed by atoms with van der Waals surface area (Å²) in [5.74, 6) is -0.190.